The largest absolute Gasteiger partial charge is 0.326 e. The van der Waals surface area contributed by atoms with Crippen molar-refractivity contribution in [1.29, 1.82) is 0 Å². The summed E-state index contributed by atoms with van der Waals surface area (Å²) < 4.78 is 14.6. The molecule has 0 fully saturated rings. The third-order valence-electron chi connectivity index (χ3n) is 2.06. The zero-order valence-electron chi connectivity index (χ0n) is 7.94. The maximum atomic E-state index is 12.8. The molecule has 1 aromatic heterocycles. The van der Waals surface area contributed by atoms with Crippen LogP contribution in [0.4, 0.5) is 4.39 Å². The molecule has 1 heterocycles. The van der Waals surface area contributed by atoms with E-state index in [1.807, 2.05) is 6.92 Å². The minimum atomic E-state index is -0.238. The van der Waals surface area contributed by atoms with Gasteiger partial charge in [-0.05, 0) is 25.1 Å². The number of hydrogen-bond acceptors (Lipinski definition) is 2. The van der Waals surface area contributed by atoms with Crippen LogP contribution in [0.2, 0.25) is 0 Å². The number of benzene rings is 1. The smallest absolute Gasteiger partial charge is 0.124 e. The lowest BCUT2D eigenvalue weighted by molar-refractivity contribution is 0.553. The molecule has 0 aliphatic carbocycles. The van der Waals surface area contributed by atoms with E-state index >= 15 is 0 Å². The topological polar surface area (TPSA) is 43.8 Å². The van der Waals surface area contributed by atoms with Crippen LogP contribution in [0.25, 0.3) is 10.9 Å². The van der Waals surface area contributed by atoms with Crippen molar-refractivity contribution >= 4 is 10.9 Å². The minimum absolute atomic E-state index is 0.0446. The zero-order valence-corrected chi connectivity index (χ0v) is 7.94. The summed E-state index contributed by atoms with van der Waals surface area (Å²) in [6, 6.07) is 4.67. The first-order valence-corrected chi connectivity index (χ1v) is 4.53. The molecule has 0 spiro atoms. The van der Waals surface area contributed by atoms with E-state index in [2.05, 4.69) is 5.10 Å². The van der Waals surface area contributed by atoms with Gasteiger partial charge in [-0.15, -0.1) is 0 Å². The maximum Gasteiger partial charge on any atom is 0.124 e. The number of halogens is 1. The van der Waals surface area contributed by atoms with Crippen molar-refractivity contribution in [3.05, 3.63) is 30.2 Å². The monoisotopic (exact) mass is 193 g/mol. The van der Waals surface area contributed by atoms with Crippen LogP contribution in [-0.2, 0) is 6.54 Å². The highest BCUT2D eigenvalue weighted by molar-refractivity contribution is 5.78. The van der Waals surface area contributed by atoms with Gasteiger partial charge in [0.25, 0.3) is 0 Å². The summed E-state index contributed by atoms with van der Waals surface area (Å²) in [6.45, 7) is 2.56. The Kier molecular flexibility index (Phi) is 2.21. The van der Waals surface area contributed by atoms with E-state index in [9.17, 15) is 4.39 Å². The summed E-state index contributed by atoms with van der Waals surface area (Å²) in [5.41, 5.74) is 6.59. The molecule has 74 valence electrons. The summed E-state index contributed by atoms with van der Waals surface area (Å²) in [6.07, 6.45) is 1.65. The second-order valence-corrected chi connectivity index (χ2v) is 3.51. The van der Waals surface area contributed by atoms with Crippen molar-refractivity contribution < 1.29 is 4.39 Å². The number of aromatic nitrogens is 2. The highest BCUT2D eigenvalue weighted by atomic mass is 19.1. The zero-order chi connectivity index (χ0) is 10.1. The van der Waals surface area contributed by atoms with Gasteiger partial charge in [-0.2, -0.15) is 5.10 Å². The Morgan fingerprint density at radius 3 is 3.07 bits per heavy atom. The van der Waals surface area contributed by atoms with E-state index in [0.717, 1.165) is 10.9 Å². The molecule has 0 saturated heterocycles. The van der Waals surface area contributed by atoms with Crippen molar-refractivity contribution in [2.24, 2.45) is 5.73 Å². The van der Waals surface area contributed by atoms with Crippen LogP contribution in [0.5, 0.6) is 0 Å². The van der Waals surface area contributed by atoms with Gasteiger partial charge < -0.3 is 5.73 Å². The first-order valence-electron chi connectivity index (χ1n) is 4.53. The van der Waals surface area contributed by atoms with E-state index < -0.39 is 0 Å². The predicted molar refractivity (Wildman–Crippen MR) is 53.3 cm³/mol. The molecule has 14 heavy (non-hydrogen) atoms. The number of nitrogens with two attached hydrogens (primary N) is 1. The van der Waals surface area contributed by atoms with Crippen LogP contribution in [0.1, 0.15) is 6.92 Å². The van der Waals surface area contributed by atoms with E-state index in [-0.39, 0.29) is 11.9 Å². The highest BCUT2D eigenvalue weighted by Gasteiger charge is 2.04. The van der Waals surface area contributed by atoms with E-state index in [1.54, 1.807) is 16.9 Å². The van der Waals surface area contributed by atoms with E-state index in [4.69, 9.17) is 5.73 Å². The Labute approximate surface area is 81.3 Å². The first-order chi connectivity index (χ1) is 6.66. The van der Waals surface area contributed by atoms with Crippen LogP contribution >= 0.6 is 0 Å². The molecule has 0 amide bonds. The van der Waals surface area contributed by atoms with Gasteiger partial charge in [-0.25, -0.2) is 4.39 Å². The summed E-state index contributed by atoms with van der Waals surface area (Å²) in [4.78, 5) is 0. The van der Waals surface area contributed by atoms with Crippen molar-refractivity contribution in [3.8, 4) is 0 Å². The average molecular weight is 193 g/mol. The molecule has 0 radical (unpaired) electrons. The second-order valence-electron chi connectivity index (χ2n) is 3.51. The van der Waals surface area contributed by atoms with Crippen LogP contribution in [-0.4, -0.2) is 15.8 Å². The Morgan fingerprint density at radius 1 is 1.57 bits per heavy atom. The third kappa shape index (κ3) is 1.61. The average Bonchev–Trinajstić information content (AvgIpc) is 2.47. The standard InChI is InChI=1S/C10H12FN3/c1-7(12)6-14-10-3-2-9(11)4-8(10)5-13-14/h2-5,7H,6,12H2,1H3/t7-/m0/s1. The molecule has 2 N–H and O–H groups in total. The third-order valence-corrected chi connectivity index (χ3v) is 2.06. The summed E-state index contributed by atoms with van der Waals surface area (Å²) >= 11 is 0. The van der Waals surface area contributed by atoms with E-state index in [0.29, 0.717) is 6.54 Å². The fourth-order valence-electron chi connectivity index (χ4n) is 1.48. The highest BCUT2D eigenvalue weighted by Crippen LogP contribution is 2.14. The lowest BCUT2D eigenvalue weighted by Gasteiger charge is -2.06. The molecule has 0 aliphatic rings. The normalized spacial score (nSPS) is 13.4. The van der Waals surface area contributed by atoms with Gasteiger partial charge in [0.2, 0.25) is 0 Å². The molecule has 0 aliphatic heterocycles. The van der Waals surface area contributed by atoms with Crippen molar-refractivity contribution in [2.75, 3.05) is 0 Å². The maximum absolute atomic E-state index is 12.8. The van der Waals surface area contributed by atoms with Gasteiger partial charge in [0.15, 0.2) is 0 Å². The Bertz CT molecular complexity index is 448. The number of nitrogens with zero attached hydrogens (tertiary/aromatic N) is 2. The molecule has 2 rings (SSSR count). The fraction of sp³-hybridized carbons (Fsp3) is 0.300. The molecule has 2 aromatic rings. The lowest BCUT2D eigenvalue weighted by Crippen LogP contribution is -2.22. The quantitative estimate of drug-likeness (QED) is 0.785. The molecule has 0 saturated carbocycles. The van der Waals surface area contributed by atoms with Crippen LogP contribution < -0.4 is 5.73 Å². The van der Waals surface area contributed by atoms with Crippen LogP contribution in [0, 0.1) is 5.82 Å². The van der Waals surface area contributed by atoms with E-state index in [1.165, 1.54) is 12.1 Å². The van der Waals surface area contributed by atoms with Crippen molar-refractivity contribution in [1.82, 2.24) is 9.78 Å². The second kappa shape index (κ2) is 3.38. The predicted octanol–water partition coefficient (Wildman–Crippen LogP) is 1.52. The van der Waals surface area contributed by atoms with Crippen molar-refractivity contribution in [3.63, 3.8) is 0 Å². The molecule has 0 bridgehead atoms. The fourth-order valence-corrected chi connectivity index (χ4v) is 1.48. The van der Waals surface area contributed by atoms with Gasteiger partial charge >= 0.3 is 0 Å². The summed E-state index contributed by atoms with van der Waals surface area (Å²) in [5.74, 6) is -0.238. The van der Waals surface area contributed by atoms with Crippen LogP contribution in [0.3, 0.4) is 0 Å². The van der Waals surface area contributed by atoms with Crippen LogP contribution in [0.15, 0.2) is 24.4 Å². The molecule has 1 atom stereocenters. The summed E-state index contributed by atoms with van der Waals surface area (Å²) in [5, 5.41) is 4.96. The molecular formula is C10H12FN3. The molecule has 3 nitrogen and oxygen atoms in total. The molecule has 4 heteroatoms. The SMILES string of the molecule is C[C@H](N)Cn1ncc2cc(F)ccc21. The first kappa shape index (κ1) is 9.15. The summed E-state index contributed by atoms with van der Waals surface area (Å²) in [7, 11) is 0. The number of hydrogen-bond donors (Lipinski definition) is 1. The lowest BCUT2D eigenvalue weighted by atomic mass is 10.2. The Balaban J connectivity index is 2.47. The van der Waals surface area contributed by atoms with Gasteiger partial charge in [-0.3, -0.25) is 4.68 Å². The Morgan fingerprint density at radius 2 is 2.36 bits per heavy atom. The van der Waals surface area contributed by atoms with Gasteiger partial charge in [0, 0.05) is 11.4 Å². The number of fused-ring (bicyclic) bond motifs is 1. The molecule has 1 aromatic carbocycles. The Hall–Kier alpha value is -1.42. The minimum Gasteiger partial charge on any atom is -0.326 e. The molecule has 0 unspecified atom stereocenters. The van der Waals surface area contributed by atoms with Gasteiger partial charge in [0.1, 0.15) is 5.82 Å². The van der Waals surface area contributed by atoms with Gasteiger partial charge in [0.05, 0.1) is 18.3 Å². The van der Waals surface area contributed by atoms with Crippen molar-refractivity contribution in [2.45, 2.75) is 19.5 Å². The van der Waals surface area contributed by atoms with Gasteiger partial charge in [-0.1, -0.05) is 0 Å². The molecular weight excluding hydrogens is 181 g/mol. The number of rotatable bonds is 2.